The number of hydrogen-bond acceptors (Lipinski definition) is 3. The van der Waals surface area contributed by atoms with Gasteiger partial charge in [-0.25, -0.2) is 4.98 Å². The number of pyridine rings is 1. The van der Waals surface area contributed by atoms with Crippen molar-refractivity contribution in [3.05, 3.63) is 59.8 Å². The average molecular weight is 237 g/mol. The fourth-order valence-electron chi connectivity index (χ4n) is 1.83. The molecule has 3 heteroatoms. The molecular formula is C15H15N3. The zero-order chi connectivity index (χ0) is 12.8. The van der Waals surface area contributed by atoms with Crippen LogP contribution in [0.3, 0.4) is 0 Å². The molecular weight excluding hydrogens is 222 g/mol. The lowest BCUT2D eigenvalue weighted by Gasteiger charge is -2.17. The molecule has 0 saturated heterocycles. The van der Waals surface area contributed by atoms with Gasteiger partial charge in [0.05, 0.1) is 11.6 Å². The third kappa shape index (κ3) is 2.86. The predicted octanol–water partition coefficient (Wildman–Crippen LogP) is 3.52. The lowest BCUT2D eigenvalue weighted by Crippen LogP contribution is -2.10. The van der Waals surface area contributed by atoms with E-state index in [0.717, 1.165) is 12.2 Å². The van der Waals surface area contributed by atoms with Crippen LogP contribution < -0.4 is 5.32 Å². The van der Waals surface area contributed by atoms with Gasteiger partial charge in [0.25, 0.3) is 0 Å². The Labute approximate surface area is 107 Å². The second-order valence-electron chi connectivity index (χ2n) is 4.06. The summed E-state index contributed by atoms with van der Waals surface area (Å²) < 4.78 is 0. The summed E-state index contributed by atoms with van der Waals surface area (Å²) in [4.78, 5) is 4.23. The fraction of sp³-hybridized carbons (Fsp3) is 0.200. The van der Waals surface area contributed by atoms with E-state index in [4.69, 9.17) is 5.26 Å². The molecule has 2 aromatic rings. The van der Waals surface area contributed by atoms with E-state index in [1.807, 2.05) is 24.3 Å². The number of nitriles is 1. The molecule has 0 aliphatic carbocycles. The number of rotatable bonds is 4. The van der Waals surface area contributed by atoms with Crippen molar-refractivity contribution in [1.29, 1.82) is 5.26 Å². The molecule has 1 N–H and O–H groups in total. The summed E-state index contributed by atoms with van der Waals surface area (Å²) in [6.45, 7) is 2.13. The minimum absolute atomic E-state index is 0.242. The van der Waals surface area contributed by atoms with E-state index in [1.54, 1.807) is 12.3 Å². The van der Waals surface area contributed by atoms with Crippen molar-refractivity contribution >= 4 is 5.82 Å². The molecule has 3 nitrogen and oxygen atoms in total. The van der Waals surface area contributed by atoms with Crippen LogP contribution in [0.15, 0.2) is 48.7 Å². The molecule has 1 aromatic heterocycles. The van der Waals surface area contributed by atoms with Gasteiger partial charge in [-0.1, -0.05) is 37.3 Å². The van der Waals surface area contributed by atoms with Crippen molar-refractivity contribution in [2.45, 2.75) is 19.4 Å². The highest BCUT2D eigenvalue weighted by atomic mass is 15.0. The Kier molecular flexibility index (Phi) is 3.93. The molecule has 90 valence electrons. The van der Waals surface area contributed by atoms with E-state index < -0.39 is 0 Å². The van der Waals surface area contributed by atoms with Gasteiger partial charge in [0.1, 0.15) is 11.9 Å². The van der Waals surface area contributed by atoms with Crippen molar-refractivity contribution in [3.63, 3.8) is 0 Å². The van der Waals surface area contributed by atoms with Gasteiger partial charge >= 0.3 is 0 Å². The van der Waals surface area contributed by atoms with Gasteiger partial charge in [0.2, 0.25) is 0 Å². The molecule has 1 heterocycles. The number of nitrogens with zero attached hydrogens (tertiary/aromatic N) is 2. The molecule has 0 amide bonds. The first-order chi connectivity index (χ1) is 8.83. The Hall–Kier alpha value is -2.34. The van der Waals surface area contributed by atoms with Gasteiger partial charge in [0, 0.05) is 6.20 Å². The van der Waals surface area contributed by atoms with Gasteiger partial charge in [-0.05, 0) is 24.1 Å². The molecule has 0 fully saturated rings. The summed E-state index contributed by atoms with van der Waals surface area (Å²) in [6.07, 6.45) is 2.56. The van der Waals surface area contributed by atoms with Crippen molar-refractivity contribution in [1.82, 2.24) is 4.98 Å². The highest BCUT2D eigenvalue weighted by molar-refractivity contribution is 5.41. The number of hydrogen-bond donors (Lipinski definition) is 1. The van der Waals surface area contributed by atoms with Gasteiger partial charge in [-0.3, -0.25) is 0 Å². The second kappa shape index (κ2) is 5.83. The highest BCUT2D eigenvalue weighted by Crippen LogP contribution is 2.20. The van der Waals surface area contributed by atoms with Crippen LogP contribution in [-0.4, -0.2) is 4.98 Å². The van der Waals surface area contributed by atoms with Crippen molar-refractivity contribution in [2.24, 2.45) is 0 Å². The van der Waals surface area contributed by atoms with Crippen LogP contribution in [0, 0.1) is 11.3 Å². The summed E-state index contributed by atoms with van der Waals surface area (Å²) in [5, 5.41) is 12.1. The monoisotopic (exact) mass is 237 g/mol. The van der Waals surface area contributed by atoms with Crippen molar-refractivity contribution in [3.8, 4) is 6.07 Å². The predicted molar refractivity (Wildman–Crippen MR) is 72.0 cm³/mol. The molecule has 1 unspecified atom stereocenters. The molecule has 0 bridgehead atoms. The smallest absolute Gasteiger partial charge is 0.126 e. The lowest BCUT2D eigenvalue weighted by atomic mass is 10.0. The number of anilines is 1. The van der Waals surface area contributed by atoms with E-state index >= 15 is 0 Å². The van der Waals surface area contributed by atoms with E-state index in [2.05, 4.69) is 35.4 Å². The zero-order valence-electron chi connectivity index (χ0n) is 10.3. The Morgan fingerprint density at radius 3 is 2.56 bits per heavy atom. The summed E-state index contributed by atoms with van der Waals surface area (Å²) in [7, 11) is 0. The van der Waals surface area contributed by atoms with Gasteiger partial charge < -0.3 is 5.32 Å². The molecule has 0 spiro atoms. The SMILES string of the molecule is CCC(Nc1ccc(C#N)cn1)c1ccccc1. The molecule has 0 aliphatic rings. The van der Waals surface area contributed by atoms with E-state index in [0.29, 0.717) is 5.56 Å². The molecule has 0 radical (unpaired) electrons. The number of benzene rings is 1. The van der Waals surface area contributed by atoms with Crippen LogP contribution in [0.2, 0.25) is 0 Å². The zero-order valence-corrected chi connectivity index (χ0v) is 10.3. The lowest BCUT2D eigenvalue weighted by molar-refractivity contribution is 0.744. The highest BCUT2D eigenvalue weighted by Gasteiger charge is 2.08. The van der Waals surface area contributed by atoms with Crippen LogP contribution in [0.5, 0.6) is 0 Å². The van der Waals surface area contributed by atoms with Crippen LogP contribution in [0.25, 0.3) is 0 Å². The van der Waals surface area contributed by atoms with Crippen LogP contribution in [-0.2, 0) is 0 Å². The largest absolute Gasteiger partial charge is 0.363 e. The second-order valence-corrected chi connectivity index (χ2v) is 4.06. The normalized spacial score (nSPS) is 11.6. The third-order valence-electron chi connectivity index (χ3n) is 2.82. The van der Waals surface area contributed by atoms with E-state index in [-0.39, 0.29) is 6.04 Å². The first-order valence-corrected chi connectivity index (χ1v) is 6.01. The topological polar surface area (TPSA) is 48.7 Å². The quantitative estimate of drug-likeness (QED) is 0.885. The molecule has 1 atom stereocenters. The Morgan fingerprint density at radius 2 is 2.00 bits per heavy atom. The molecule has 1 aromatic carbocycles. The minimum atomic E-state index is 0.242. The molecule has 18 heavy (non-hydrogen) atoms. The maximum Gasteiger partial charge on any atom is 0.126 e. The minimum Gasteiger partial charge on any atom is -0.363 e. The van der Waals surface area contributed by atoms with Gasteiger partial charge in [0.15, 0.2) is 0 Å². The van der Waals surface area contributed by atoms with Crippen LogP contribution >= 0.6 is 0 Å². The summed E-state index contributed by atoms with van der Waals surface area (Å²) in [6, 6.07) is 16.2. The van der Waals surface area contributed by atoms with Crippen LogP contribution in [0.4, 0.5) is 5.82 Å². The third-order valence-corrected chi connectivity index (χ3v) is 2.82. The Bertz CT molecular complexity index is 526. The molecule has 0 aliphatic heterocycles. The summed E-state index contributed by atoms with van der Waals surface area (Å²) in [5.74, 6) is 0.796. The van der Waals surface area contributed by atoms with Crippen molar-refractivity contribution in [2.75, 3.05) is 5.32 Å². The standard InChI is InChI=1S/C15H15N3/c1-2-14(13-6-4-3-5-7-13)18-15-9-8-12(10-16)11-17-15/h3-9,11,14H,2H2,1H3,(H,17,18). The Morgan fingerprint density at radius 1 is 1.22 bits per heavy atom. The average Bonchev–Trinajstić information content (AvgIpc) is 2.46. The summed E-state index contributed by atoms with van der Waals surface area (Å²) in [5.41, 5.74) is 1.82. The molecule has 2 rings (SSSR count). The van der Waals surface area contributed by atoms with E-state index in [9.17, 15) is 0 Å². The Balaban J connectivity index is 2.13. The maximum absolute atomic E-state index is 8.72. The van der Waals surface area contributed by atoms with E-state index in [1.165, 1.54) is 5.56 Å². The molecule has 0 saturated carbocycles. The first-order valence-electron chi connectivity index (χ1n) is 6.01. The van der Waals surface area contributed by atoms with Crippen LogP contribution in [0.1, 0.15) is 30.5 Å². The van der Waals surface area contributed by atoms with Gasteiger partial charge in [-0.2, -0.15) is 5.26 Å². The first kappa shape index (κ1) is 12.1. The van der Waals surface area contributed by atoms with Crippen molar-refractivity contribution < 1.29 is 0 Å². The maximum atomic E-state index is 8.72. The summed E-state index contributed by atoms with van der Waals surface area (Å²) >= 11 is 0. The van der Waals surface area contributed by atoms with Gasteiger partial charge in [-0.15, -0.1) is 0 Å². The fourth-order valence-corrected chi connectivity index (χ4v) is 1.83. The number of nitrogens with one attached hydrogen (secondary N) is 1. The number of aromatic nitrogens is 1.